The zero-order valence-corrected chi connectivity index (χ0v) is 17.7. The van der Waals surface area contributed by atoms with Crippen molar-refractivity contribution in [3.8, 4) is 11.5 Å². The molecular weight excluding hydrogens is 372 g/mol. The number of amides is 1. The Morgan fingerprint density at radius 3 is 2.54 bits per heavy atom. The summed E-state index contributed by atoms with van der Waals surface area (Å²) in [5.74, 6) is 1.24. The van der Waals surface area contributed by atoms with Gasteiger partial charge in [0.15, 0.2) is 11.5 Å². The highest BCUT2D eigenvalue weighted by Crippen LogP contribution is 2.30. The summed E-state index contributed by atoms with van der Waals surface area (Å²) in [6, 6.07) is 11.6. The van der Waals surface area contributed by atoms with E-state index in [1.807, 2.05) is 51.1 Å². The second-order valence-electron chi connectivity index (χ2n) is 6.76. The SMILES string of the molecule is COc1ccc(C(C)NC(=O)c2cc(C)n(Cc3cccs3)c2C)cc1OC. The third-order valence-corrected chi connectivity index (χ3v) is 5.83. The smallest absolute Gasteiger partial charge is 0.253 e. The number of hydrogen-bond acceptors (Lipinski definition) is 4. The number of nitrogens with one attached hydrogen (secondary N) is 1. The van der Waals surface area contributed by atoms with Crippen molar-refractivity contribution in [2.75, 3.05) is 14.2 Å². The second kappa shape index (κ2) is 8.52. The monoisotopic (exact) mass is 398 g/mol. The highest BCUT2D eigenvalue weighted by Gasteiger charge is 2.19. The van der Waals surface area contributed by atoms with E-state index in [0.717, 1.165) is 23.5 Å². The van der Waals surface area contributed by atoms with Gasteiger partial charge in [-0.15, -0.1) is 11.3 Å². The first-order valence-electron chi connectivity index (χ1n) is 9.16. The van der Waals surface area contributed by atoms with Gasteiger partial charge in [0.25, 0.3) is 5.91 Å². The van der Waals surface area contributed by atoms with Gasteiger partial charge in [-0.25, -0.2) is 0 Å². The molecule has 0 aliphatic heterocycles. The minimum absolute atomic E-state index is 0.0761. The fourth-order valence-corrected chi connectivity index (χ4v) is 4.01. The summed E-state index contributed by atoms with van der Waals surface area (Å²) in [5, 5.41) is 5.17. The van der Waals surface area contributed by atoms with Crippen LogP contribution in [0.2, 0.25) is 0 Å². The highest BCUT2D eigenvalue weighted by molar-refractivity contribution is 7.09. The lowest BCUT2D eigenvalue weighted by molar-refractivity contribution is 0.0939. The number of thiophene rings is 1. The van der Waals surface area contributed by atoms with E-state index in [-0.39, 0.29) is 11.9 Å². The minimum atomic E-state index is -0.160. The zero-order chi connectivity index (χ0) is 20.3. The van der Waals surface area contributed by atoms with Crippen LogP contribution >= 0.6 is 11.3 Å². The summed E-state index contributed by atoms with van der Waals surface area (Å²) in [7, 11) is 3.21. The lowest BCUT2D eigenvalue weighted by Gasteiger charge is -2.17. The molecule has 2 heterocycles. The van der Waals surface area contributed by atoms with Gasteiger partial charge >= 0.3 is 0 Å². The van der Waals surface area contributed by atoms with Crippen LogP contribution in [0, 0.1) is 13.8 Å². The van der Waals surface area contributed by atoms with Crippen LogP contribution in [0.1, 0.15) is 45.2 Å². The maximum Gasteiger partial charge on any atom is 0.253 e. The van der Waals surface area contributed by atoms with Crippen molar-refractivity contribution in [3.05, 3.63) is 69.2 Å². The molecule has 1 amide bonds. The first kappa shape index (κ1) is 20.0. The van der Waals surface area contributed by atoms with E-state index in [9.17, 15) is 4.79 Å². The molecule has 3 rings (SSSR count). The molecule has 5 nitrogen and oxygen atoms in total. The number of benzene rings is 1. The van der Waals surface area contributed by atoms with Gasteiger partial charge < -0.3 is 19.4 Å². The third kappa shape index (κ3) is 4.07. The number of aromatic nitrogens is 1. The highest BCUT2D eigenvalue weighted by atomic mass is 32.1. The average molecular weight is 399 g/mol. The second-order valence-corrected chi connectivity index (χ2v) is 7.79. The molecule has 0 bridgehead atoms. The van der Waals surface area contributed by atoms with Crippen molar-refractivity contribution < 1.29 is 14.3 Å². The lowest BCUT2D eigenvalue weighted by Crippen LogP contribution is -2.27. The van der Waals surface area contributed by atoms with Crippen molar-refractivity contribution in [2.24, 2.45) is 0 Å². The van der Waals surface area contributed by atoms with Gasteiger partial charge in [-0.05, 0) is 56.0 Å². The largest absolute Gasteiger partial charge is 0.493 e. The summed E-state index contributed by atoms with van der Waals surface area (Å²) in [5.41, 5.74) is 3.72. The van der Waals surface area contributed by atoms with Crippen molar-refractivity contribution in [1.29, 1.82) is 0 Å². The van der Waals surface area contributed by atoms with E-state index < -0.39 is 0 Å². The molecule has 0 spiro atoms. The van der Waals surface area contributed by atoms with Crippen LogP contribution in [0.5, 0.6) is 11.5 Å². The molecular formula is C22H26N2O3S. The van der Waals surface area contributed by atoms with E-state index in [4.69, 9.17) is 9.47 Å². The molecule has 0 fully saturated rings. The van der Waals surface area contributed by atoms with Crippen LogP contribution in [0.15, 0.2) is 41.8 Å². The predicted molar refractivity (Wildman–Crippen MR) is 113 cm³/mol. The topological polar surface area (TPSA) is 52.5 Å². The molecule has 1 atom stereocenters. The molecule has 0 radical (unpaired) electrons. The number of aryl methyl sites for hydroxylation is 1. The molecule has 0 aliphatic carbocycles. The number of ether oxygens (including phenoxy) is 2. The van der Waals surface area contributed by atoms with E-state index in [0.29, 0.717) is 17.1 Å². The minimum Gasteiger partial charge on any atom is -0.493 e. The summed E-state index contributed by atoms with van der Waals surface area (Å²) in [6.07, 6.45) is 0. The normalized spacial score (nSPS) is 11.9. The number of carbonyl (C=O) groups excluding carboxylic acids is 1. The van der Waals surface area contributed by atoms with Crippen molar-refractivity contribution in [1.82, 2.24) is 9.88 Å². The van der Waals surface area contributed by atoms with Crippen LogP contribution in [0.3, 0.4) is 0 Å². The van der Waals surface area contributed by atoms with Crippen LogP contribution in [0.25, 0.3) is 0 Å². The molecule has 2 aromatic heterocycles. The van der Waals surface area contributed by atoms with E-state index >= 15 is 0 Å². The molecule has 0 saturated carbocycles. The van der Waals surface area contributed by atoms with Gasteiger partial charge in [-0.2, -0.15) is 0 Å². The number of nitrogens with zero attached hydrogens (tertiary/aromatic N) is 1. The Hall–Kier alpha value is -2.73. The Labute approximate surface area is 169 Å². The summed E-state index contributed by atoms with van der Waals surface area (Å²) in [4.78, 5) is 14.2. The first-order chi connectivity index (χ1) is 13.4. The summed E-state index contributed by atoms with van der Waals surface area (Å²) >= 11 is 1.72. The quantitative estimate of drug-likeness (QED) is 0.626. The number of carbonyl (C=O) groups is 1. The van der Waals surface area contributed by atoms with Crippen molar-refractivity contribution in [3.63, 3.8) is 0 Å². The van der Waals surface area contributed by atoms with Gasteiger partial charge in [-0.1, -0.05) is 12.1 Å². The Morgan fingerprint density at radius 2 is 1.89 bits per heavy atom. The fourth-order valence-electron chi connectivity index (χ4n) is 3.31. The molecule has 1 unspecified atom stereocenters. The van der Waals surface area contributed by atoms with Crippen LogP contribution < -0.4 is 14.8 Å². The molecule has 0 saturated heterocycles. The van der Waals surface area contributed by atoms with Crippen molar-refractivity contribution >= 4 is 17.2 Å². The zero-order valence-electron chi connectivity index (χ0n) is 16.9. The molecule has 6 heteroatoms. The molecule has 1 N–H and O–H groups in total. The third-order valence-electron chi connectivity index (χ3n) is 4.97. The molecule has 0 aliphatic rings. The number of hydrogen-bond donors (Lipinski definition) is 1. The molecule has 3 aromatic rings. The van der Waals surface area contributed by atoms with E-state index in [1.54, 1.807) is 25.6 Å². The van der Waals surface area contributed by atoms with Crippen LogP contribution in [-0.4, -0.2) is 24.7 Å². The Balaban J connectivity index is 1.77. The average Bonchev–Trinajstić information content (AvgIpc) is 3.31. The van der Waals surface area contributed by atoms with E-state index in [1.165, 1.54) is 4.88 Å². The first-order valence-corrected chi connectivity index (χ1v) is 10.0. The standard InChI is InChI=1S/C22H26N2O3S/c1-14-11-19(16(3)24(14)13-18-7-6-10-28-18)22(25)23-15(2)17-8-9-20(26-4)21(12-17)27-5/h6-12,15H,13H2,1-5H3,(H,23,25). The van der Waals surface area contributed by atoms with Gasteiger partial charge in [-0.3, -0.25) is 4.79 Å². The number of rotatable bonds is 7. The van der Waals surface area contributed by atoms with Gasteiger partial charge in [0.05, 0.1) is 32.4 Å². The number of methoxy groups -OCH3 is 2. The fraction of sp³-hybridized carbons (Fsp3) is 0.318. The van der Waals surface area contributed by atoms with Crippen LogP contribution in [0.4, 0.5) is 0 Å². The lowest BCUT2D eigenvalue weighted by atomic mass is 10.1. The van der Waals surface area contributed by atoms with E-state index in [2.05, 4.69) is 21.3 Å². The molecule has 1 aromatic carbocycles. The van der Waals surface area contributed by atoms with Crippen molar-refractivity contribution in [2.45, 2.75) is 33.4 Å². The maximum absolute atomic E-state index is 12.9. The Morgan fingerprint density at radius 1 is 1.14 bits per heavy atom. The predicted octanol–water partition coefficient (Wildman–Crippen LogP) is 4.72. The van der Waals surface area contributed by atoms with Gasteiger partial charge in [0, 0.05) is 16.3 Å². The van der Waals surface area contributed by atoms with Gasteiger partial charge in [0.1, 0.15) is 0 Å². The summed E-state index contributed by atoms with van der Waals surface area (Å²) in [6.45, 7) is 6.78. The summed E-state index contributed by atoms with van der Waals surface area (Å²) < 4.78 is 12.8. The maximum atomic E-state index is 12.9. The molecule has 28 heavy (non-hydrogen) atoms. The molecule has 148 valence electrons. The Bertz CT molecular complexity index is 961. The van der Waals surface area contributed by atoms with Crippen LogP contribution in [-0.2, 0) is 6.54 Å². The Kier molecular flexibility index (Phi) is 6.09. The van der Waals surface area contributed by atoms with Gasteiger partial charge in [0.2, 0.25) is 0 Å².